The number of nitrogens with one attached hydrogen (secondary N) is 2. The molecule has 1 unspecified atom stereocenters. The number of esters is 1. The number of hydrogen-bond acceptors (Lipinski definition) is 3. The van der Waals surface area contributed by atoms with Gasteiger partial charge >= 0.3 is 12.0 Å². The molecule has 0 saturated heterocycles. The Morgan fingerprint density at radius 3 is 2.35 bits per heavy atom. The predicted molar refractivity (Wildman–Crippen MR) is 64.6 cm³/mol. The van der Waals surface area contributed by atoms with Crippen LogP contribution in [0.15, 0.2) is 0 Å². The fourth-order valence-corrected chi connectivity index (χ4v) is 2.06. The smallest absolute Gasteiger partial charge is 0.328 e. The average Bonchev–Trinajstić information content (AvgIpc) is 2.30. The first-order valence-corrected chi connectivity index (χ1v) is 6.17. The van der Waals surface area contributed by atoms with E-state index in [1.165, 1.54) is 7.11 Å². The Labute approximate surface area is 102 Å². The first-order valence-electron chi connectivity index (χ1n) is 6.17. The highest BCUT2D eigenvalue weighted by molar-refractivity contribution is 5.83. The summed E-state index contributed by atoms with van der Waals surface area (Å²) < 4.78 is 4.54. The summed E-state index contributed by atoms with van der Waals surface area (Å²) in [7, 11) is 1.31. The number of carbonyl (C=O) groups excluding carboxylic acids is 2. The Bertz CT molecular complexity index is 273. The van der Waals surface area contributed by atoms with Crippen LogP contribution in [0.2, 0.25) is 0 Å². The number of rotatable bonds is 3. The van der Waals surface area contributed by atoms with Gasteiger partial charge in [-0.25, -0.2) is 9.59 Å². The van der Waals surface area contributed by atoms with Crippen LogP contribution in [0.5, 0.6) is 0 Å². The molecule has 0 aliphatic heterocycles. The Morgan fingerprint density at radius 1 is 1.24 bits per heavy atom. The molecule has 5 nitrogen and oxygen atoms in total. The summed E-state index contributed by atoms with van der Waals surface area (Å²) in [4.78, 5) is 22.7. The van der Waals surface area contributed by atoms with Gasteiger partial charge < -0.3 is 15.4 Å². The largest absolute Gasteiger partial charge is 0.467 e. The van der Waals surface area contributed by atoms with Crippen LogP contribution in [0.3, 0.4) is 0 Å². The molecule has 0 aromatic heterocycles. The van der Waals surface area contributed by atoms with Crippen LogP contribution in [0.25, 0.3) is 0 Å². The molecule has 1 aliphatic rings. The van der Waals surface area contributed by atoms with Gasteiger partial charge in [-0.1, -0.05) is 6.92 Å². The molecule has 2 amide bonds. The van der Waals surface area contributed by atoms with Gasteiger partial charge in [-0.3, -0.25) is 0 Å². The molecule has 98 valence electrons. The highest BCUT2D eigenvalue weighted by Crippen LogP contribution is 2.23. The van der Waals surface area contributed by atoms with E-state index in [9.17, 15) is 9.59 Å². The Balaban J connectivity index is 2.27. The van der Waals surface area contributed by atoms with E-state index < -0.39 is 12.0 Å². The van der Waals surface area contributed by atoms with Gasteiger partial charge in [0.2, 0.25) is 0 Å². The van der Waals surface area contributed by atoms with Gasteiger partial charge in [0.25, 0.3) is 0 Å². The number of carbonyl (C=O) groups is 2. The summed E-state index contributed by atoms with van der Waals surface area (Å²) in [6.45, 7) is 3.84. The average molecular weight is 242 g/mol. The minimum absolute atomic E-state index is 0.232. The van der Waals surface area contributed by atoms with Crippen LogP contribution in [0.1, 0.15) is 39.5 Å². The fourth-order valence-electron chi connectivity index (χ4n) is 2.06. The van der Waals surface area contributed by atoms with E-state index in [0.29, 0.717) is 0 Å². The van der Waals surface area contributed by atoms with Crippen molar-refractivity contribution in [2.75, 3.05) is 7.11 Å². The second-order valence-corrected chi connectivity index (χ2v) is 4.82. The van der Waals surface area contributed by atoms with E-state index in [2.05, 4.69) is 22.3 Å². The van der Waals surface area contributed by atoms with Crippen molar-refractivity contribution in [3.05, 3.63) is 0 Å². The normalized spacial score (nSPS) is 25.8. The minimum atomic E-state index is -0.609. The van der Waals surface area contributed by atoms with Gasteiger partial charge in [-0.2, -0.15) is 0 Å². The molecule has 1 saturated carbocycles. The van der Waals surface area contributed by atoms with Crippen LogP contribution in [-0.4, -0.2) is 31.2 Å². The molecule has 0 bridgehead atoms. The maximum absolute atomic E-state index is 11.6. The van der Waals surface area contributed by atoms with E-state index in [4.69, 9.17) is 0 Å². The topological polar surface area (TPSA) is 67.4 Å². The van der Waals surface area contributed by atoms with Crippen molar-refractivity contribution in [2.45, 2.75) is 51.6 Å². The molecule has 0 radical (unpaired) electrons. The minimum Gasteiger partial charge on any atom is -0.467 e. The van der Waals surface area contributed by atoms with Crippen molar-refractivity contribution in [3.8, 4) is 0 Å². The third-order valence-corrected chi connectivity index (χ3v) is 3.25. The zero-order chi connectivity index (χ0) is 12.8. The summed E-state index contributed by atoms with van der Waals surface area (Å²) in [5, 5.41) is 5.46. The summed E-state index contributed by atoms with van der Waals surface area (Å²) in [5.74, 6) is 0.322. The quantitative estimate of drug-likeness (QED) is 0.736. The highest BCUT2D eigenvalue weighted by Gasteiger charge is 2.21. The van der Waals surface area contributed by atoms with Gasteiger partial charge in [-0.05, 0) is 38.5 Å². The second-order valence-electron chi connectivity index (χ2n) is 4.82. The monoisotopic (exact) mass is 242 g/mol. The van der Waals surface area contributed by atoms with Crippen LogP contribution in [0.4, 0.5) is 4.79 Å². The molecule has 0 heterocycles. The maximum Gasteiger partial charge on any atom is 0.328 e. The number of amides is 2. The molecule has 1 aliphatic carbocycles. The van der Waals surface area contributed by atoms with Gasteiger partial charge in [0.15, 0.2) is 0 Å². The van der Waals surface area contributed by atoms with Crippen LogP contribution in [0, 0.1) is 5.92 Å². The molecule has 2 N–H and O–H groups in total. The van der Waals surface area contributed by atoms with Gasteiger partial charge in [0.1, 0.15) is 6.04 Å². The van der Waals surface area contributed by atoms with Crippen molar-refractivity contribution in [1.29, 1.82) is 0 Å². The van der Waals surface area contributed by atoms with Gasteiger partial charge in [0.05, 0.1) is 7.11 Å². The van der Waals surface area contributed by atoms with Crippen LogP contribution in [-0.2, 0) is 9.53 Å². The van der Waals surface area contributed by atoms with Gasteiger partial charge in [0, 0.05) is 6.04 Å². The van der Waals surface area contributed by atoms with E-state index in [1.54, 1.807) is 6.92 Å². The standard InChI is InChI=1S/C12H22N2O3/c1-8-4-6-10(7-5-8)14-12(16)13-9(2)11(15)17-3/h8-10H,4-7H2,1-3H3,(H2,13,14,16). The van der Waals surface area contributed by atoms with Crippen molar-refractivity contribution in [2.24, 2.45) is 5.92 Å². The molecule has 0 aromatic rings. The lowest BCUT2D eigenvalue weighted by Crippen LogP contribution is -2.48. The number of hydrogen-bond donors (Lipinski definition) is 2. The molecule has 0 aromatic carbocycles. The maximum atomic E-state index is 11.6. The zero-order valence-corrected chi connectivity index (χ0v) is 10.8. The molecule has 1 rings (SSSR count). The highest BCUT2D eigenvalue weighted by atomic mass is 16.5. The molecule has 5 heteroatoms. The molecular formula is C12H22N2O3. The Kier molecular flexibility index (Phi) is 5.25. The van der Waals surface area contributed by atoms with E-state index in [1.807, 2.05) is 0 Å². The fraction of sp³-hybridized carbons (Fsp3) is 0.833. The Hall–Kier alpha value is -1.26. The van der Waals surface area contributed by atoms with E-state index in [-0.39, 0.29) is 12.1 Å². The first-order chi connectivity index (χ1) is 8.02. The van der Waals surface area contributed by atoms with Crippen LogP contribution >= 0.6 is 0 Å². The molecule has 0 spiro atoms. The lowest BCUT2D eigenvalue weighted by atomic mass is 9.87. The zero-order valence-electron chi connectivity index (χ0n) is 10.8. The van der Waals surface area contributed by atoms with E-state index >= 15 is 0 Å². The lowest BCUT2D eigenvalue weighted by molar-refractivity contribution is -0.142. The van der Waals surface area contributed by atoms with Crippen molar-refractivity contribution >= 4 is 12.0 Å². The third-order valence-electron chi connectivity index (χ3n) is 3.25. The summed E-state index contributed by atoms with van der Waals surface area (Å²) >= 11 is 0. The predicted octanol–water partition coefficient (Wildman–Crippen LogP) is 1.43. The summed E-state index contributed by atoms with van der Waals surface area (Å²) in [5.41, 5.74) is 0. The van der Waals surface area contributed by atoms with Crippen LogP contribution < -0.4 is 10.6 Å². The summed E-state index contributed by atoms with van der Waals surface area (Å²) in [6, 6.07) is -0.666. The van der Waals surface area contributed by atoms with Crippen molar-refractivity contribution in [1.82, 2.24) is 10.6 Å². The third kappa shape index (κ3) is 4.63. The molecule has 1 atom stereocenters. The Morgan fingerprint density at radius 2 is 1.82 bits per heavy atom. The molecular weight excluding hydrogens is 220 g/mol. The SMILES string of the molecule is COC(=O)C(C)NC(=O)NC1CCC(C)CC1. The number of ether oxygens (including phenoxy) is 1. The van der Waals surface area contributed by atoms with Gasteiger partial charge in [-0.15, -0.1) is 0 Å². The van der Waals surface area contributed by atoms with Crippen molar-refractivity contribution in [3.63, 3.8) is 0 Å². The lowest BCUT2D eigenvalue weighted by Gasteiger charge is -2.27. The molecule has 17 heavy (non-hydrogen) atoms. The van der Waals surface area contributed by atoms with Crippen molar-refractivity contribution < 1.29 is 14.3 Å². The number of urea groups is 1. The number of methoxy groups -OCH3 is 1. The first kappa shape index (κ1) is 13.8. The second kappa shape index (κ2) is 6.47. The summed E-state index contributed by atoms with van der Waals surface area (Å²) in [6.07, 6.45) is 4.33. The molecule has 1 fully saturated rings. The van der Waals surface area contributed by atoms with E-state index in [0.717, 1.165) is 31.6 Å².